The van der Waals surface area contributed by atoms with E-state index in [4.69, 9.17) is 0 Å². The fourth-order valence-electron chi connectivity index (χ4n) is 2.44. The summed E-state index contributed by atoms with van der Waals surface area (Å²) in [7, 11) is -3.68. The smallest absolute Gasteiger partial charge is 0.261 e. The number of rotatable bonds is 8. The number of amides is 1. The molecule has 0 fully saturated rings. The summed E-state index contributed by atoms with van der Waals surface area (Å²) < 4.78 is 27.4. The van der Waals surface area contributed by atoms with Crippen LogP contribution in [0.3, 0.4) is 0 Å². The van der Waals surface area contributed by atoms with Crippen LogP contribution in [0.2, 0.25) is 0 Å². The van der Waals surface area contributed by atoms with Crippen molar-refractivity contribution in [3.05, 3.63) is 59.7 Å². The van der Waals surface area contributed by atoms with Crippen LogP contribution in [0.15, 0.2) is 53.4 Å². The molecule has 0 unspecified atom stereocenters. The molecule has 0 aromatic heterocycles. The summed E-state index contributed by atoms with van der Waals surface area (Å²) >= 11 is 0. The van der Waals surface area contributed by atoms with Gasteiger partial charge in [-0.2, -0.15) is 0 Å². The van der Waals surface area contributed by atoms with E-state index >= 15 is 0 Å². The third-order valence-corrected chi connectivity index (χ3v) is 5.37. The molecule has 6 heteroatoms. The Morgan fingerprint density at radius 2 is 1.62 bits per heavy atom. The number of anilines is 1. The topological polar surface area (TPSA) is 75.3 Å². The fraction of sp³-hybridized carbons (Fsp3) is 0.350. The van der Waals surface area contributed by atoms with E-state index in [1.807, 2.05) is 19.1 Å². The third kappa shape index (κ3) is 5.88. The number of carbonyl (C=O) groups is 1. The predicted octanol–water partition coefficient (Wildman–Crippen LogP) is 3.96. The Balaban J connectivity index is 1.99. The van der Waals surface area contributed by atoms with Gasteiger partial charge in [-0.1, -0.05) is 31.5 Å². The number of hydrogen-bond donors (Lipinski definition) is 2. The summed E-state index contributed by atoms with van der Waals surface area (Å²) in [4.78, 5) is 12.2. The summed E-state index contributed by atoms with van der Waals surface area (Å²) in [5.41, 5.74) is 2.00. The van der Waals surface area contributed by atoms with E-state index in [1.54, 1.807) is 12.1 Å². The molecule has 2 N–H and O–H groups in total. The molecule has 0 radical (unpaired) electrons. The van der Waals surface area contributed by atoms with E-state index in [0.29, 0.717) is 23.7 Å². The van der Waals surface area contributed by atoms with Crippen molar-refractivity contribution >= 4 is 21.6 Å². The van der Waals surface area contributed by atoms with Crippen molar-refractivity contribution in [1.82, 2.24) is 5.32 Å². The molecule has 0 bridgehead atoms. The van der Waals surface area contributed by atoms with Crippen molar-refractivity contribution < 1.29 is 13.2 Å². The molecule has 0 heterocycles. The number of carbonyl (C=O) groups excluding carboxylic acids is 1. The molecule has 140 valence electrons. The van der Waals surface area contributed by atoms with Crippen molar-refractivity contribution in [2.45, 2.75) is 38.5 Å². The van der Waals surface area contributed by atoms with Crippen LogP contribution in [0.4, 0.5) is 5.69 Å². The van der Waals surface area contributed by atoms with Crippen LogP contribution >= 0.6 is 0 Å². The van der Waals surface area contributed by atoms with Crippen molar-refractivity contribution in [2.24, 2.45) is 5.92 Å². The number of benzene rings is 2. The first kappa shape index (κ1) is 20.0. The van der Waals surface area contributed by atoms with Crippen LogP contribution in [0.25, 0.3) is 0 Å². The highest BCUT2D eigenvalue weighted by atomic mass is 32.2. The first-order valence-electron chi connectivity index (χ1n) is 8.75. The number of sulfonamides is 1. The summed E-state index contributed by atoms with van der Waals surface area (Å²) in [5.74, 6) is 0.418. The first-order chi connectivity index (χ1) is 12.3. The highest BCUT2D eigenvalue weighted by Crippen LogP contribution is 2.17. The second-order valence-corrected chi connectivity index (χ2v) is 8.47. The zero-order valence-corrected chi connectivity index (χ0v) is 16.3. The lowest BCUT2D eigenvalue weighted by Gasteiger charge is -2.10. The molecule has 2 aromatic carbocycles. The van der Waals surface area contributed by atoms with E-state index in [-0.39, 0.29) is 10.8 Å². The molecule has 2 aromatic rings. The molecule has 2 rings (SSSR count). The van der Waals surface area contributed by atoms with E-state index in [0.717, 1.165) is 18.4 Å². The third-order valence-electron chi connectivity index (χ3n) is 3.97. The zero-order valence-electron chi connectivity index (χ0n) is 15.5. The van der Waals surface area contributed by atoms with Gasteiger partial charge in [0, 0.05) is 17.8 Å². The largest absolute Gasteiger partial charge is 0.352 e. The van der Waals surface area contributed by atoms with Gasteiger partial charge in [-0.25, -0.2) is 8.42 Å². The maximum absolute atomic E-state index is 12.4. The van der Waals surface area contributed by atoms with Gasteiger partial charge in [-0.3, -0.25) is 9.52 Å². The highest BCUT2D eigenvalue weighted by molar-refractivity contribution is 7.92. The maximum atomic E-state index is 12.4. The average molecular weight is 375 g/mol. The molecular weight excluding hydrogens is 348 g/mol. The fourth-order valence-corrected chi connectivity index (χ4v) is 3.49. The molecule has 0 saturated carbocycles. The number of hydrogen-bond acceptors (Lipinski definition) is 3. The van der Waals surface area contributed by atoms with Gasteiger partial charge in [0.1, 0.15) is 0 Å². The molecule has 26 heavy (non-hydrogen) atoms. The van der Waals surface area contributed by atoms with Gasteiger partial charge in [0.15, 0.2) is 0 Å². The van der Waals surface area contributed by atoms with Crippen LogP contribution in [0.1, 0.15) is 42.6 Å². The van der Waals surface area contributed by atoms with Gasteiger partial charge >= 0.3 is 0 Å². The van der Waals surface area contributed by atoms with Gasteiger partial charge in [0.05, 0.1) is 4.90 Å². The Bertz CT molecular complexity index is 826. The minimum atomic E-state index is -3.68. The summed E-state index contributed by atoms with van der Waals surface area (Å²) in [6, 6.07) is 13.1. The summed E-state index contributed by atoms with van der Waals surface area (Å²) in [6.07, 6.45) is 1.98. The Morgan fingerprint density at radius 3 is 2.19 bits per heavy atom. The molecule has 1 amide bonds. The monoisotopic (exact) mass is 374 g/mol. The summed E-state index contributed by atoms with van der Waals surface area (Å²) in [6.45, 7) is 6.84. The van der Waals surface area contributed by atoms with Crippen LogP contribution < -0.4 is 10.0 Å². The van der Waals surface area contributed by atoms with Crippen LogP contribution in [0.5, 0.6) is 0 Å². The lowest BCUT2D eigenvalue weighted by molar-refractivity contribution is 0.0952. The second kappa shape index (κ2) is 8.85. The molecule has 0 saturated heterocycles. The predicted molar refractivity (Wildman–Crippen MR) is 105 cm³/mol. The molecule has 5 nitrogen and oxygen atoms in total. The number of aryl methyl sites for hydroxylation is 1. The van der Waals surface area contributed by atoms with Crippen molar-refractivity contribution in [2.75, 3.05) is 11.3 Å². The Kier molecular flexibility index (Phi) is 6.80. The van der Waals surface area contributed by atoms with Gasteiger partial charge in [0.25, 0.3) is 15.9 Å². The first-order valence-corrected chi connectivity index (χ1v) is 10.2. The van der Waals surface area contributed by atoms with Gasteiger partial charge in [0.2, 0.25) is 0 Å². The highest BCUT2D eigenvalue weighted by Gasteiger charge is 2.15. The van der Waals surface area contributed by atoms with Gasteiger partial charge in [-0.15, -0.1) is 0 Å². The van der Waals surface area contributed by atoms with Crippen molar-refractivity contribution in [1.29, 1.82) is 0 Å². The Morgan fingerprint density at radius 1 is 1.00 bits per heavy atom. The van der Waals surface area contributed by atoms with Gasteiger partial charge in [-0.05, 0) is 62.1 Å². The number of nitrogens with one attached hydrogen (secondary N) is 2. The van der Waals surface area contributed by atoms with Crippen LogP contribution in [-0.4, -0.2) is 20.9 Å². The summed E-state index contributed by atoms with van der Waals surface area (Å²) in [5, 5.41) is 2.85. The quantitative estimate of drug-likeness (QED) is 0.687. The lowest BCUT2D eigenvalue weighted by atomic mass is 10.1. The molecule has 0 spiro atoms. The molecule has 0 atom stereocenters. The van der Waals surface area contributed by atoms with Crippen LogP contribution in [-0.2, 0) is 10.0 Å². The maximum Gasteiger partial charge on any atom is 0.261 e. The lowest BCUT2D eigenvalue weighted by Crippen LogP contribution is -2.24. The van der Waals surface area contributed by atoms with E-state index < -0.39 is 10.0 Å². The second-order valence-electron chi connectivity index (χ2n) is 6.79. The average Bonchev–Trinajstić information content (AvgIpc) is 2.60. The molecule has 0 aliphatic rings. The molecule has 0 aliphatic carbocycles. The standard InChI is InChI=1S/C20H26N2O3S/c1-15(2)5-4-14-21-20(23)17-8-12-19(13-9-17)26(24,25)22-18-10-6-16(3)7-11-18/h6-13,15,22H,4-5,14H2,1-3H3,(H,21,23). The minimum absolute atomic E-state index is 0.120. The van der Waals surface area contributed by atoms with E-state index in [9.17, 15) is 13.2 Å². The molecular formula is C20H26N2O3S. The molecule has 0 aliphatic heterocycles. The SMILES string of the molecule is Cc1ccc(NS(=O)(=O)c2ccc(C(=O)NCCCC(C)C)cc2)cc1. The van der Waals surface area contributed by atoms with Crippen molar-refractivity contribution in [3.63, 3.8) is 0 Å². The van der Waals surface area contributed by atoms with Crippen LogP contribution in [0, 0.1) is 12.8 Å². The van der Waals surface area contributed by atoms with Crippen molar-refractivity contribution in [3.8, 4) is 0 Å². The zero-order chi connectivity index (χ0) is 19.2. The van der Waals surface area contributed by atoms with E-state index in [1.165, 1.54) is 24.3 Å². The van der Waals surface area contributed by atoms with Gasteiger partial charge < -0.3 is 5.32 Å². The minimum Gasteiger partial charge on any atom is -0.352 e. The van der Waals surface area contributed by atoms with E-state index in [2.05, 4.69) is 23.9 Å². The Labute approximate surface area is 155 Å². The Hall–Kier alpha value is -2.34. The normalized spacial score (nSPS) is 11.4.